The highest BCUT2D eigenvalue weighted by Crippen LogP contribution is 2.74. The van der Waals surface area contributed by atoms with Crippen LogP contribution in [0.3, 0.4) is 0 Å². The van der Waals surface area contributed by atoms with E-state index in [0.717, 1.165) is 11.6 Å². The third-order valence-corrected chi connectivity index (χ3v) is 11.8. The zero-order chi connectivity index (χ0) is 35.0. The van der Waals surface area contributed by atoms with E-state index in [4.69, 9.17) is 14.2 Å². The summed E-state index contributed by atoms with van der Waals surface area (Å²) in [6.45, 7) is 18.0. The van der Waals surface area contributed by atoms with Crippen LogP contribution in [-0.2, 0) is 38.2 Å². The van der Waals surface area contributed by atoms with Gasteiger partial charge in [-0.2, -0.15) is 0 Å². The Morgan fingerprint density at radius 1 is 0.913 bits per heavy atom. The molecule has 4 rings (SSSR count). The molecule has 0 aliphatic heterocycles. The molecule has 10 nitrogen and oxygen atoms in total. The minimum Gasteiger partial charge on any atom is -0.462 e. The van der Waals surface area contributed by atoms with Crippen molar-refractivity contribution in [1.29, 1.82) is 0 Å². The minimum absolute atomic E-state index is 0.00804. The third kappa shape index (κ3) is 5.49. The largest absolute Gasteiger partial charge is 0.462 e. The fourth-order valence-corrected chi connectivity index (χ4v) is 9.57. The summed E-state index contributed by atoms with van der Waals surface area (Å²) in [5, 5.41) is 22.2. The van der Waals surface area contributed by atoms with E-state index >= 15 is 0 Å². The van der Waals surface area contributed by atoms with Gasteiger partial charge in [0.15, 0.2) is 11.9 Å². The van der Waals surface area contributed by atoms with Gasteiger partial charge < -0.3 is 24.4 Å². The Balaban J connectivity index is 1.89. The van der Waals surface area contributed by atoms with Gasteiger partial charge in [0.1, 0.15) is 23.2 Å². The van der Waals surface area contributed by atoms with Crippen LogP contribution in [0.1, 0.15) is 95.4 Å². The average molecular weight is 643 g/mol. The fourth-order valence-electron chi connectivity index (χ4n) is 9.57. The van der Waals surface area contributed by atoms with Crippen LogP contribution in [0.5, 0.6) is 0 Å². The molecule has 0 aromatic carbocycles. The molecule has 0 bridgehead atoms. The summed E-state index contributed by atoms with van der Waals surface area (Å²) in [7, 11) is 0. The number of hydrogen-bond acceptors (Lipinski definition) is 10. The summed E-state index contributed by atoms with van der Waals surface area (Å²) >= 11 is 0. The van der Waals surface area contributed by atoms with Crippen molar-refractivity contribution in [3.8, 4) is 0 Å². The van der Waals surface area contributed by atoms with Crippen LogP contribution in [0.15, 0.2) is 35.6 Å². The Morgan fingerprint density at radius 3 is 2.02 bits per heavy atom. The number of allylic oxidation sites excluding steroid dienone is 2. The number of esters is 3. The van der Waals surface area contributed by atoms with Crippen LogP contribution in [0.4, 0.5) is 0 Å². The molecule has 4 aliphatic rings. The molecule has 0 spiro atoms. The molecule has 2 saturated carbocycles. The monoisotopic (exact) mass is 642 g/mol. The molecule has 0 aromatic rings. The number of carbonyl (C=O) groups is 5. The number of Topliss-reactive ketones (excluding diaryl/α,β-unsaturated/α-hetero) is 1. The van der Waals surface area contributed by atoms with Gasteiger partial charge in [-0.15, -0.1) is 0 Å². The van der Waals surface area contributed by atoms with E-state index in [9.17, 15) is 34.2 Å². The molecule has 2 fully saturated rings. The van der Waals surface area contributed by atoms with Crippen molar-refractivity contribution in [3.63, 3.8) is 0 Å². The summed E-state index contributed by atoms with van der Waals surface area (Å²) in [4.78, 5) is 65.1. The first-order valence-electron chi connectivity index (χ1n) is 16.0. The second kappa shape index (κ2) is 11.3. The molecule has 0 amide bonds. The van der Waals surface area contributed by atoms with Crippen molar-refractivity contribution >= 4 is 29.5 Å². The minimum atomic E-state index is -2.04. The second-order valence-electron chi connectivity index (χ2n) is 15.8. The zero-order valence-corrected chi connectivity index (χ0v) is 29.0. The first kappa shape index (κ1) is 35.7. The first-order chi connectivity index (χ1) is 20.8. The number of aliphatic hydroxyl groups is 2. The van der Waals surface area contributed by atoms with Gasteiger partial charge >= 0.3 is 17.9 Å². The summed E-state index contributed by atoms with van der Waals surface area (Å²) < 4.78 is 17.2. The van der Waals surface area contributed by atoms with E-state index in [2.05, 4.69) is 13.0 Å². The summed E-state index contributed by atoms with van der Waals surface area (Å²) in [6.07, 6.45) is 5.31. The Morgan fingerprint density at radius 2 is 1.50 bits per heavy atom. The molecule has 254 valence electrons. The lowest BCUT2D eigenvalue weighted by atomic mass is 9.39. The van der Waals surface area contributed by atoms with Crippen LogP contribution in [0.25, 0.3) is 0 Å². The summed E-state index contributed by atoms with van der Waals surface area (Å²) in [5.41, 5.74) is -5.94. The van der Waals surface area contributed by atoms with Gasteiger partial charge in [0, 0.05) is 49.9 Å². The van der Waals surface area contributed by atoms with Gasteiger partial charge in [-0.3, -0.25) is 24.0 Å². The molecule has 4 aliphatic carbocycles. The highest BCUT2D eigenvalue weighted by atomic mass is 16.6. The van der Waals surface area contributed by atoms with Gasteiger partial charge in [-0.25, -0.2) is 0 Å². The van der Waals surface area contributed by atoms with E-state index in [-0.39, 0.29) is 23.9 Å². The molecule has 0 unspecified atom stereocenters. The second-order valence-corrected chi connectivity index (χ2v) is 15.8. The van der Waals surface area contributed by atoms with Crippen LogP contribution in [0.2, 0.25) is 0 Å². The Kier molecular flexibility index (Phi) is 8.74. The van der Waals surface area contributed by atoms with Crippen molar-refractivity contribution < 1.29 is 48.4 Å². The van der Waals surface area contributed by atoms with E-state index in [1.807, 2.05) is 27.7 Å². The van der Waals surface area contributed by atoms with Gasteiger partial charge in [0.2, 0.25) is 0 Å². The molecule has 0 radical (unpaired) electrons. The SMILES string of the molecule is CC(=O)OC1=C[C@@H]2C(=CC[C@@H]3[C@@]2(C)C(=O)C[C@]2(C)[C@@H]([C@@](C)(O)C(=O)/C=C/C(C)(C)O)[C@H](OC(C)=O)C[C@@]32C)C(C)(C)[C@@H]1OC(C)=O. The first-order valence-corrected chi connectivity index (χ1v) is 16.0. The standard InChI is InChI=1S/C36H50O10/c1-19(37)44-24-16-23-22(32(6,7)30(24)46-21(3)39)12-13-26-33(8)17-25(45-20(2)38)29(34(33,9)18-28(41)35(23,26)10)36(11,43)27(40)14-15-31(4,5)42/h12,14-16,23,25-26,29-30,42-43H,13,17-18H2,1-11H3/b15-14+/t23-,25-,26+,29+,30-,33+,34-,35+,36+/m1/s1. The maximum absolute atomic E-state index is 14.8. The van der Waals surface area contributed by atoms with Gasteiger partial charge in [0.25, 0.3) is 0 Å². The van der Waals surface area contributed by atoms with E-state index in [1.54, 1.807) is 6.08 Å². The molecule has 0 saturated heterocycles. The van der Waals surface area contributed by atoms with Crippen molar-refractivity contribution in [2.24, 2.45) is 39.4 Å². The molecular formula is C36H50O10. The Labute approximate surface area is 271 Å². The summed E-state index contributed by atoms with van der Waals surface area (Å²) in [5.74, 6) is -3.99. The highest BCUT2D eigenvalue weighted by Gasteiger charge is 2.75. The van der Waals surface area contributed by atoms with Crippen LogP contribution in [0, 0.1) is 39.4 Å². The van der Waals surface area contributed by atoms with Crippen molar-refractivity contribution in [1.82, 2.24) is 0 Å². The van der Waals surface area contributed by atoms with Crippen LogP contribution >= 0.6 is 0 Å². The van der Waals surface area contributed by atoms with Crippen molar-refractivity contribution in [2.45, 2.75) is 119 Å². The average Bonchev–Trinajstić information content (AvgIpc) is 3.10. The Bertz CT molecular complexity index is 1440. The number of carbonyl (C=O) groups excluding carboxylic acids is 5. The number of ketones is 2. The van der Waals surface area contributed by atoms with E-state index in [1.165, 1.54) is 47.6 Å². The van der Waals surface area contributed by atoms with Gasteiger partial charge in [-0.1, -0.05) is 52.3 Å². The lowest BCUT2D eigenvalue weighted by Crippen LogP contribution is -2.64. The normalized spacial score (nSPS) is 37.9. The predicted molar refractivity (Wildman–Crippen MR) is 168 cm³/mol. The number of rotatable bonds is 7. The predicted octanol–water partition coefficient (Wildman–Crippen LogP) is 4.56. The third-order valence-electron chi connectivity index (χ3n) is 11.8. The molecular weight excluding hydrogens is 592 g/mol. The topological polar surface area (TPSA) is 154 Å². The van der Waals surface area contributed by atoms with E-state index in [0.29, 0.717) is 12.8 Å². The molecule has 46 heavy (non-hydrogen) atoms. The van der Waals surface area contributed by atoms with Gasteiger partial charge in [-0.05, 0) is 62.5 Å². The zero-order valence-electron chi connectivity index (χ0n) is 29.0. The van der Waals surface area contributed by atoms with Crippen LogP contribution in [-0.4, -0.2) is 63.1 Å². The number of hydrogen-bond donors (Lipinski definition) is 2. The van der Waals surface area contributed by atoms with Crippen LogP contribution < -0.4 is 0 Å². The quantitative estimate of drug-likeness (QED) is 0.175. The van der Waals surface area contributed by atoms with E-state index < -0.39 is 80.6 Å². The van der Waals surface area contributed by atoms with Gasteiger partial charge in [0.05, 0.1) is 5.60 Å². The van der Waals surface area contributed by atoms with Crippen molar-refractivity contribution in [2.75, 3.05) is 0 Å². The number of fused-ring (bicyclic) bond motifs is 5. The number of ether oxygens (including phenoxy) is 3. The molecule has 9 atom stereocenters. The maximum Gasteiger partial charge on any atom is 0.307 e. The lowest BCUT2D eigenvalue weighted by molar-refractivity contribution is -0.182. The molecule has 0 aromatic heterocycles. The molecule has 10 heteroatoms. The summed E-state index contributed by atoms with van der Waals surface area (Å²) in [6, 6.07) is 0. The smallest absolute Gasteiger partial charge is 0.307 e. The molecule has 2 N–H and O–H groups in total. The van der Waals surface area contributed by atoms with Crippen molar-refractivity contribution in [3.05, 3.63) is 35.6 Å². The fraction of sp³-hybridized carbons (Fsp3) is 0.694. The Hall–Kier alpha value is -3.11. The molecule has 0 heterocycles. The lowest BCUT2D eigenvalue weighted by Gasteiger charge is -2.64. The maximum atomic E-state index is 14.8. The highest BCUT2D eigenvalue weighted by molar-refractivity contribution is 5.97.